The Morgan fingerprint density at radius 2 is 1.83 bits per heavy atom. The van der Waals surface area contributed by atoms with E-state index in [-0.39, 0.29) is 0 Å². The summed E-state index contributed by atoms with van der Waals surface area (Å²) in [5, 5.41) is 8.49. The van der Waals surface area contributed by atoms with Crippen LogP contribution in [-0.2, 0) is 17.8 Å². The van der Waals surface area contributed by atoms with Crippen LogP contribution in [0.25, 0.3) is 0 Å². The highest BCUT2D eigenvalue weighted by atomic mass is 16.5. The molecule has 0 radical (unpaired) electrons. The standard InChI is InChI=1S/C22H31NO/c1-2-3-7-19-9-11-21(12-10-19)18-24-22-15-13-20(14-16-22)8-5-4-6-17-23/h4,6,9-12,20,22H,2-3,5,7-8,13-16,18H2,1H3/b6-4+/t20-,22-. The minimum atomic E-state index is 0.427. The third-order valence-corrected chi connectivity index (χ3v) is 5.06. The number of nitriles is 1. The molecule has 1 aliphatic carbocycles. The molecule has 0 spiro atoms. The van der Waals surface area contributed by atoms with Gasteiger partial charge in [0.2, 0.25) is 0 Å². The number of hydrogen-bond donors (Lipinski definition) is 0. The van der Waals surface area contributed by atoms with Crippen molar-refractivity contribution in [2.75, 3.05) is 0 Å². The molecule has 0 aliphatic heterocycles. The Hall–Kier alpha value is -1.59. The number of ether oxygens (including phenoxy) is 1. The molecule has 0 saturated heterocycles. The van der Waals surface area contributed by atoms with Crippen LogP contribution in [0.5, 0.6) is 0 Å². The van der Waals surface area contributed by atoms with Crippen LogP contribution in [0.4, 0.5) is 0 Å². The molecule has 2 nitrogen and oxygen atoms in total. The molecule has 2 heteroatoms. The molecule has 24 heavy (non-hydrogen) atoms. The van der Waals surface area contributed by atoms with Crippen LogP contribution >= 0.6 is 0 Å². The van der Waals surface area contributed by atoms with E-state index >= 15 is 0 Å². The molecule has 0 heterocycles. The Morgan fingerprint density at radius 1 is 1.12 bits per heavy atom. The first-order valence-corrected chi connectivity index (χ1v) is 9.56. The predicted octanol–water partition coefficient (Wildman–Crippen LogP) is 5.96. The summed E-state index contributed by atoms with van der Waals surface area (Å²) in [4.78, 5) is 0. The van der Waals surface area contributed by atoms with Crippen LogP contribution in [0.2, 0.25) is 0 Å². The normalized spacial score (nSPS) is 21.0. The number of nitrogens with zero attached hydrogens (tertiary/aromatic N) is 1. The Labute approximate surface area is 147 Å². The quantitative estimate of drug-likeness (QED) is 0.524. The molecule has 130 valence electrons. The van der Waals surface area contributed by atoms with Gasteiger partial charge in [0, 0.05) is 6.08 Å². The lowest BCUT2D eigenvalue weighted by atomic mass is 9.84. The molecular weight excluding hydrogens is 294 g/mol. The van der Waals surface area contributed by atoms with E-state index in [4.69, 9.17) is 10.00 Å². The van der Waals surface area contributed by atoms with Gasteiger partial charge >= 0.3 is 0 Å². The molecule has 1 aromatic rings. The van der Waals surface area contributed by atoms with Crippen molar-refractivity contribution in [1.29, 1.82) is 5.26 Å². The van der Waals surface area contributed by atoms with E-state index in [1.807, 2.05) is 6.08 Å². The third kappa shape index (κ3) is 6.89. The molecule has 0 N–H and O–H groups in total. The van der Waals surface area contributed by atoms with Crippen molar-refractivity contribution in [1.82, 2.24) is 0 Å². The lowest BCUT2D eigenvalue weighted by molar-refractivity contribution is 0.00646. The first kappa shape index (κ1) is 18.7. The lowest BCUT2D eigenvalue weighted by Crippen LogP contribution is -2.21. The van der Waals surface area contributed by atoms with Gasteiger partial charge in [0.25, 0.3) is 0 Å². The van der Waals surface area contributed by atoms with Crippen LogP contribution in [0, 0.1) is 17.2 Å². The van der Waals surface area contributed by atoms with E-state index in [9.17, 15) is 0 Å². The van der Waals surface area contributed by atoms with Gasteiger partial charge in [-0.05, 0) is 68.4 Å². The van der Waals surface area contributed by atoms with Crippen molar-refractivity contribution in [2.45, 2.75) is 77.4 Å². The first-order valence-electron chi connectivity index (χ1n) is 9.56. The summed E-state index contributed by atoms with van der Waals surface area (Å²) in [6.07, 6.45) is 14.9. The summed E-state index contributed by atoms with van der Waals surface area (Å²) >= 11 is 0. The maximum absolute atomic E-state index is 8.49. The average Bonchev–Trinajstić information content (AvgIpc) is 2.64. The van der Waals surface area contributed by atoms with Gasteiger partial charge in [-0.3, -0.25) is 0 Å². The van der Waals surface area contributed by atoms with Crippen molar-refractivity contribution >= 4 is 0 Å². The predicted molar refractivity (Wildman–Crippen MR) is 99.6 cm³/mol. The lowest BCUT2D eigenvalue weighted by Gasteiger charge is -2.28. The van der Waals surface area contributed by atoms with Crippen molar-refractivity contribution in [2.24, 2.45) is 5.92 Å². The summed E-state index contributed by atoms with van der Waals surface area (Å²) in [5.41, 5.74) is 2.73. The fourth-order valence-corrected chi connectivity index (χ4v) is 3.45. The fraction of sp³-hybridized carbons (Fsp3) is 0.591. The number of benzene rings is 1. The van der Waals surface area contributed by atoms with Gasteiger partial charge in [-0.1, -0.05) is 43.7 Å². The minimum absolute atomic E-state index is 0.427. The highest BCUT2D eigenvalue weighted by Crippen LogP contribution is 2.30. The maximum atomic E-state index is 8.49. The van der Waals surface area contributed by atoms with Crippen LogP contribution in [0.15, 0.2) is 36.4 Å². The van der Waals surface area contributed by atoms with Gasteiger partial charge in [-0.2, -0.15) is 5.26 Å². The molecule has 2 rings (SSSR count). The Balaban J connectivity index is 1.63. The van der Waals surface area contributed by atoms with Gasteiger partial charge in [0.05, 0.1) is 18.8 Å². The summed E-state index contributed by atoms with van der Waals surface area (Å²) in [7, 11) is 0. The molecule has 0 unspecified atom stereocenters. The summed E-state index contributed by atoms with van der Waals surface area (Å²) < 4.78 is 6.12. The zero-order chi connectivity index (χ0) is 17.0. The molecule has 0 amide bonds. The van der Waals surface area contributed by atoms with E-state index in [1.165, 1.54) is 62.5 Å². The highest BCUT2D eigenvalue weighted by molar-refractivity contribution is 5.22. The zero-order valence-corrected chi connectivity index (χ0v) is 15.0. The number of hydrogen-bond acceptors (Lipinski definition) is 2. The number of unbranched alkanes of at least 4 members (excludes halogenated alkanes) is 1. The van der Waals surface area contributed by atoms with Crippen LogP contribution < -0.4 is 0 Å². The van der Waals surface area contributed by atoms with Crippen molar-refractivity contribution in [3.8, 4) is 6.07 Å². The average molecular weight is 325 g/mol. The van der Waals surface area contributed by atoms with E-state index in [2.05, 4.69) is 37.3 Å². The van der Waals surface area contributed by atoms with Gasteiger partial charge < -0.3 is 4.74 Å². The first-order chi connectivity index (χ1) is 11.8. The number of allylic oxidation sites excluding steroid dienone is 2. The molecular formula is C22H31NO. The molecule has 1 aromatic carbocycles. The number of rotatable bonds is 9. The van der Waals surface area contributed by atoms with Crippen molar-refractivity contribution in [3.63, 3.8) is 0 Å². The van der Waals surface area contributed by atoms with Gasteiger partial charge in [-0.25, -0.2) is 0 Å². The summed E-state index contributed by atoms with van der Waals surface area (Å²) in [6, 6.07) is 11.0. The van der Waals surface area contributed by atoms with Crippen LogP contribution in [-0.4, -0.2) is 6.10 Å². The van der Waals surface area contributed by atoms with Gasteiger partial charge in [-0.15, -0.1) is 0 Å². The molecule has 1 saturated carbocycles. The maximum Gasteiger partial charge on any atom is 0.0908 e. The summed E-state index contributed by atoms with van der Waals surface area (Å²) in [6.45, 7) is 2.98. The minimum Gasteiger partial charge on any atom is -0.374 e. The van der Waals surface area contributed by atoms with E-state index in [0.29, 0.717) is 6.10 Å². The van der Waals surface area contributed by atoms with Gasteiger partial charge in [0.1, 0.15) is 0 Å². The number of aryl methyl sites for hydroxylation is 1. The monoisotopic (exact) mass is 325 g/mol. The Bertz CT molecular complexity index is 518. The van der Waals surface area contributed by atoms with Crippen molar-refractivity contribution < 1.29 is 4.74 Å². The SMILES string of the molecule is CCCCc1ccc(CO[C@H]2CC[C@H](CC/C=C/C#N)CC2)cc1. The molecule has 0 aromatic heterocycles. The molecule has 0 bridgehead atoms. The molecule has 0 atom stereocenters. The largest absolute Gasteiger partial charge is 0.374 e. The fourth-order valence-electron chi connectivity index (χ4n) is 3.45. The second-order valence-corrected chi connectivity index (χ2v) is 6.98. The highest BCUT2D eigenvalue weighted by Gasteiger charge is 2.21. The van der Waals surface area contributed by atoms with Crippen LogP contribution in [0.1, 0.15) is 69.4 Å². The van der Waals surface area contributed by atoms with Crippen LogP contribution in [0.3, 0.4) is 0 Å². The smallest absolute Gasteiger partial charge is 0.0908 e. The van der Waals surface area contributed by atoms with Gasteiger partial charge in [0.15, 0.2) is 0 Å². The molecule has 1 aliphatic rings. The van der Waals surface area contributed by atoms with Crippen molar-refractivity contribution in [3.05, 3.63) is 47.5 Å². The van der Waals surface area contributed by atoms with E-state index in [1.54, 1.807) is 6.08 Å². The van der Waals surface area contributed by atoms with E-state index in [0.717, 1.165) is 18.9 Å². The zero-order valence-electron chi connectivity index (χ0n) is 15.0. The molecule has 1 fully saturated rings. The van der Waals surface area contributed by atoms with E-state index < -0.39 is 0 Å². The topological polar surface area (TPSA) is 33.0 Å². The third-order valence-electron chi connectivity index (χ3n) is 5.06. The Morgan fingerprint density at radius 3 is 2.50 bits per heavy atom. The summed E-state index contributed by atoms with van der Waals surface area (Å²) in [5.74, 6) is 0.811. The second-order valence-electron chi connectivity index (χ2n) is 6.98. The second kappa shape index (κ2) is 11.0. The Kier molecular flexibility index (Phi) is 8.63.